The van der Waals surface area contributed by atoms with Gasteiger partial charge in [0.1, 0.15) is 17.3 Å². The molecule has 1 aromatic heterocycles. The molecular formula is C37H29N3O4. The largest absolute Gasteiger partial charge is 0.497 e. The lowest BCUT2D eigenvalue weighted by Crippen LogP contribution is -2.09. The van der Waals surface area contributed by atoms with Gasteiger partial charge < -0.3 is 19.6 Å². The molecule has 44 heavy (non-hydrogen) atoms. The number of allylic oxidation sites excluding steroid dienone is 1. The van der Waals surface area contributed by atoms with Crippen LogP contribution in [0.3, 0.4) is 0 Å². The summed E-state index contributed by atoms with van der Waals surface area (Å²) in [4.78, 5) is 24.9. The second-order valence-electron chi connectivity index (χ2n) is 10.7. The summed E-state index contributed by atoms with van der Waals surface area (Å²) in [5.74, 6) is 1.70. The maximum Gasteiger partial charge on any atom is 0.341 e. The summed E-state index contributed by atoms with van der Waals surface area (Å²) in [6.45, 7) is -0.392. The Morgan fingerprint density at radius 2 is 1.57 bits per heavy atom. The van der Waals surface area contributed by atoms with Crippen molar-refractivity contribution in [2.45, 2.75) is 12.8 Å². The van der Waals surface area contributed by atoms with Crippen LogP contribution < -0.4 is 9.47 Å². The van der Waals surface area contributed by atoms with E-state index in [4.69, 9.17) is 24.6 Å². The van der Waals surface area contributed by atoms with Gasteiger partial charge in [-0.1, -0.05) is 60.7 Å². The summed E-state index contributed by atoms with van der Waals surface area (Å²) in [6.07, 6.45) is 3.85. The summed E-state index contributed by atoms with van der Waals surface area (Å²) in [7, 11) is 1.70. The van der Waals surface area contributed by atoms with E-state index < -0.39 is 12.6 Å². The summed E-state index contributed by atoms with van der Waals surface area (Å²) in [5, 5.41) is 8.93. The van der Waals surface area contributed by atoms with Crippen LogP contribution in [0.25, 0.3) is 28.0 Å². The van der Waals surface area contributed by atoms with Crippen LogP contribution in [-0.2, 0) is 17.6 Å². The Balaban J connectivity index is 1.35. The first-order valence-corrected chi connectivity index (χ1v) is 14.4. The standard InChI is InChI=1S/C37H29N3O4/c1-43-28-17-19-29-26(20-28)14-18-30-34(25-10-6-3-7-11-25)37(39-35(29)30)40-36-31(23-8-4-2-5-9-23)21-32(38-36)24-12-15-27(16-13-24)44-22-33(41)42/h2-13,15-17,19-21,39H,14,18,22H2,1H3,(H,41,42)/b40-36-. The Morgan fingerprint density at radius 1 is 0.864 bits per heavy atom. The highest BCUT2D eigenvalue weighted by Gasteiger charge is 2.27. The molecule has 2 N–H and O–H groups in total. The van der Waals surface area contributed by atoms with Crippen molar-refractivity contribution in [1.29, 1.82) is 0 Å². The molecule has 1 aliphatic heterocycles. The molecule has 0 amide bonds. The van der Waals surface area contributed by atoms with Gasteiger partial charge in [-0.15, -0.1) is 0 Å². The van der Waals surface area contributed by atoms with Gasteiger partial charge in [-0.2, -0.15) is 0 Å². The maximum atomic E-state index is 10.9. The van der Waals surface area contributed by atoms with E-state index in [1.54, 1.807) is 19.2 Å². The quantitative estimate of drug-likeness (QED) is 0.199. The lowest BCUT2D eigenvalue weighted by molar-refractivity contribution is -0.139. The first-order chi connectivity index (χ1) is 21.6. The molecule has 0 bridgehead atoms. The van der Waals surface area contributed by atoms with E-state index in [0.717, 1.165) is 69.2 Å². The SMILES string of the molecule is COc1ccc2c(c1)CCc1c-2[nH]c(/N=C2\N=C(c3ccc(OCC(=O)O)cc3)C=C2c2ccccc2)c1-c1ccccc1. The second kappa shape index (κ2) is 11.5. The lowest BCUT2D eigenvalue weighted by Gasteiger charge is -2.18. The number of ether oxygens (including phenoxy) is 2. The molecule has 2 heterocycles. The number of aliphatic imine (C=N–C) groups is 2. The number of methoxy groups -OCH3 is 1. The molecule has 1 aliphatic carbocycles. The Bertz CT molecular complexity index is 1950. The first kappa shape index (κ1) is 27.2. The number of nitrogens with one attached hydrogen (secondary N) is 1. The highest BCUT2D eigenvalue weighted by molar-refractivity contribution is 6.38. The Morgan fingerprint density at radius 3 is 2.27 bits per heavy atom. The molecule has 2 aliphatic rings. The topological polar surface area (TPSA) is 96.3 Å². The number of carboxylic acid groups (broad SMARTS) is 1. The molecule has 7 nitrogen and oxygen atoms in total. The van der Waals surface area contributed by atoms with Crippen LogP contribution in [0.1, 0.15) is 22.3 Å². The van der Waals surface area contributed by atoms with Gasteiger partial charge >= 0.3 is 5.97 Å². The number of aromatic nitrogens is 1. The van der Waals surface area contributed by atoms with Crippen molar-refractivity contribution in [3.63, 3.8) is 0 Å². The molecular weight excluding hydrogens is 550 g/mol. The molecule has 0 radical (unpaired) electrons. The van der Waals surface area contributed by atoms with Crippen LogP contribution in [0, 0.1) is 0 Å². The van der Waals surface area contributed by atoms with Gasteiger partial charge in [0.2, 0.25) is 0 Å². The van der Waals surface area contributed by atoms with Gasteiger partial charge in [-0.25, -0.2) is 14.8 Å². The third-order valence-corrected chi connectivity index (χ3v) is 7.94. The zero-order valence-electron chi connectivity index (χ0n) is 24.1. The van der Waals surface area contributed by atoms with Crippen LogP contribution in [0.2, 0.25) is 0 Å². The Hall–Kier alpha value is -5.69. The van der Waals surface area contributed by atoms with Crippen LogP contribution in [0.15, 0.2) is 119 Å². The van der Waals surface area contributed by atoms with Gasteiger partial charge in [0.05, 0.1) is 18.5 Å². The van der Waals surface area contributed by atoms with E-state index in [0.29, 0.717) is 11.6 Å². The van der Waals surface area contributed by atoms with Crippen molar-refractivity contribution < 1.29 is 19.4 Å². The molecule has 0 fully saturated rings. The minimum absolute atomic E-state index is 0.392. The normalized spacial score (nSPS) is 14.4. The molecule has 0 unspecified atom stereocenters. The number of benzene rings is 4. The van der Waals surface area contributed by atoms with Crippen molar-refractivity contribution in [3.8, 4) is 33.9 Å². The molecule has 5 aromatic rings. The predicted octanol–water partition coefficient (Wildman–Crippen LogP) is 7.54. The Labute approximate surface area is 254 Å². The fourth-order valence-corrected chi connectivity index (χ4v) is 5.86. The van der Waals surface area contributed by atoms with Gasteiger partial charge in [0, 0.05) is 22.3 Å². The number of nitrogens with zero attached hydrogens (tertiary/aromatic N) is 2. The highest BCUT2D eigenvalue weighted by atomic mass is 16.5. The predicted molar refractivity (Wildman–Crippen MR) is 173 cm³/mol. The van der Waals surface area contributed by atoms with E-state index in [9.17, 15) is 4.79 Å². The first-order valence-electron chi connectivity index (χ1n) is 14.4. The fourth-order valence-electron chi connectivity index (χ4n) is 5.86. The summed E-state index contributed by atoms with van der Waals surface area (Å²) < 4.78 is 10.8. The molecule has 0 saturated carbocycles. The van der Waals surface area contributed by atoms with E-state index in [1.807, 2.05) is 48.5 Å². The number of aromatic amines is 1. The number of H-pyrrole nitrogens is 1. The van der Waals surface area contributed by atoms with E-state index in [2.05, 4.69) is 53.5 Å². The van der Waals surface area contributed by atoms with E-state index in [-0.39, 0.29) is 0 Å². The minimum atomic E-state index is -1.02. The number of aliphatic carboxylic acids is 1. The van der Waals surface area contributed by atoms with Gasteiger partial charge in [-0.3, -0.25) is 0 Å². The second-order valence-corrected chi connectivity index (χ2v) is 10.7. The van der Waals surface area contributed by atoms with Crippen molar-refractivity contribution >= 4 is 28.9 Å². The van der Waals surface area contributed by atoms with E-state index >= 15 is 0 Å². The number of rotatable bonds is 8. The molecule has 0 saturated heterocycles. The maximum absolute atomic E-state index is 10.9. The number of amidine groups is 1. The van der Waals surface area contributed by atoms with Crippen LogP contribution in [0.4, 0.5) is 5.82 Å². The van der Waals surface area contributed by atoms with E-state index in [1.165, 1.54) is 11.1 Å². The molecule has 7 rings (SSSR count). The fraction of sp³-hybridized carbons (Fsp3) is 0.108. The zero-order valence-corrected chi connectivity index (χ0v) is 24.1. The number of fused-ring (bicyclic) bond motifs is 3. The van der Waals surface area contributed by atoms with Crippen LogP contribution in [-0.4, -0.2) is 41.3 Å². The molecule has 0 atom stereocenters. The molecule has 216 valence electrons. The Kier molecular flexibility index (Phi) is 7.12. The van der Waals surface area contributed by atoms with Crippen molar-refractivity contribution in [3.05, 3.63) is 131 Å². The number of aryl methyl sites for hydroxylation is 1. The van der Waals surface area contributed by atoms with Gasteiger partial charge in [-0.05, 0) is 83.6 Å². The number of carbonyl (C=O) groups is 1. The zero-order chi connectivity index (χ0) is 30.0. The molecule has 4 aromatic carbocycles. The summed E-state index contributed by atoms with van der Waals surface area (Å²) in [6, 6.07) is 34.0. The van der Waals surface area contributed by atoms with Crippen LogP contribution >= 0.6 is 0 Å². The minimum Gasteiger partial charge on any atom is -0.497 e. The third-order valence-electron chi connectivity index (χ3n) is 7.94. The third kappa shape index (κ3) is 5.20. The molecule has 7 heteroatoms. The van der Waals surface area contributed by atoms with Gasteiger partial charge in [0.15, 0.2) is 12.4 Å². The highest BCUT2D eigenvalue weighted by Crippen LogP contribution is 2.45. The van der Waals surface area contributed by atoms with Crippen molar-refractivity contribution in [1.82, 2.24) is 4.98 Å². The molecule has 0 spiro atoms. The number of hydrogen-bond acceptors (Lipinski definition) is 4. The average molecular weight is 580 g/mol. The monoisotopic (exact) mass is 579 g/mol. The number of hydrogen-bond donors (Lipinski definition) is 2. The summed E-state index contributed by atoms with van der Waals surface area (Å²) in [5.41, 5.74) is 10.5. The van der Waals surface area contributed by atoms with Gasteiger partial charge in [0.25, 0.3) is 0 Å². The smallest absolute Gasteiger partial charge is 0.341 e. The average Bonchev–Trinajstić information content (AvgIpc) is 3.66. The van der Waals surface area contributed by atoms with Crippen molar-refractivity contribution in [2.24, 2.45) is 9.98 Å². The summed E-state index contributed by atoms with van der Waals surface area (Å²) >= 11 is 0. The number of carboxylic acids is 1. The van der Waals surface area contributed by atoms with Crippen LogP contribution in [0.5, 0.6) is 11.5 Å². The van der Waals surface area contributed by atoms with Crippen molar-refractivity contribution in [2.75, 3.05) is 13.7 Å². The lowest BCUT2D eigenvalue weighted by atomic mass is 9.87.